The van der Waals surface area contributed by atoms with Crippen LogP contribution in [0.5, 0.6) is 0 Å². The van der Waals surface area contributed by atoms with Gasteiger partial charge in [-0.15, -0.1) is 0 Å². The van der Waals surface area contributed by atoms with Crippen LogP contribution in [0.25, 0.3) is 10.8 Å². The van der Waals surface area contributed by atoms with Crippen molar-refractivity contribution < 1.29 is 17.5 Å². The number of benzene rings is 3. The first-order valence-electron chi connectivity index (χ1n) is 7.77. The fourth-order valence-corrected chi connectivity index (χ4v) is 4.00. The van der Waals surface area contributed by atoms with Gasteiger partial charge in [-0.2, -0.15) is 0 Å². The summed E-state index contributed by atoms with van der Waals surface area (Å²) in [6.45, 7) is 0.00546. The summed E-state index contributed by atoms with van der Waals surface area (Å²) in [5, 5.41) is 1.50. The first-order chi connectivity index (χ1) is 12.0. The summed E-state index contributed by atoms with van der Waals surface area (Å²) in [6, 6.07) is 18.3. The van der Waals surface area contributed by atoms with Gasteiger partial charge in [-0.1, -0.05) is 48.5 Å². The zero-order chi connectivity index (χ0) is 17.9. The fourth-order valence-electron chi connectivity index (χ4n) is 2.74. The number of halogens is 1. The lowest BCUT2D eigenvalue weighted by molar-refractivity contribution is 0.107. The van der Waals surface area contributed by atoms with Gasteiger partial charge >= 0.3 is 0 Å². The number of hydrogen-bond donors (Lipinski definition) is 1. The molecule has 4 nitrogen and oxygen atoms in total. The Labute approximate surface area is 146 Å². The van der Waals surface area contributed by atoms with Crippen molar-refractivity contribution in [1.29, 1.82) is 0 Å². The Morgan fingerprint density at radius 1 is 1.04 bits per heavy atom. The average molecular weight is 359 g/mol. The standard InChI is InChI=1S/C19H18FNO3S/c1-24-18(15-8-4-9-16(20)12-15)13-21-25(22,23)19-11-5-7-14-6-2-3-10-17(14)19/h2-12,18,21H,13H2,1H3. The molecule has 0 amide bonds. The summed E-state index contributed by atoms with van der Waals surface area (Å²) in [5.74, 6) is -0.392. The number of methoxy groups -OCH3 is 1. The highest BCUT2D eigenvalue weighted by atomic mass is 32.2. The summed E-state index contributed by atoms with van der Waals surface area (Å²) in [5.41, 5.74) is 0.572. The molecule has 6 heteroatoms. The maximum atomic E-state index is 13.4. The second-order valence-corrected chi connectivity index (χ2v) is 7.34. The summed E-state index contributed by atoms with van der Waals surface area (Å²) in [7, 11) is -2.27. The van der Waals surface area contributed by atoms with Gasteiger partial charge in [-0.25, -0.2) is 17.5 Å². The quantitative estimate of drug-likeness (QED) is 0.731. The highest BCUT2D eigenvalue weighted by molar-refractivity contribution is 7.89. The highest BCUT2D eigenvalue weighted by Gasteiger charge is 2.20. The lowest BCUT2D eigenvalue weighted by atomic mass is 10.1. The number of ether oxygens (including phenoxy) is 1. The summed E-state index contributed by atoms with van der Waals surface area (Å²) >= 11 is 0. The van der Waals surface area contributed by atoms with Crippen molar-refractivity contribution >= 4 is 20.8 Å². The minimum Gasteiger partial charge on any atom is -0.375 e. The number of fused-ring (bicyclic) bond motifs is 1. The molecule has 1 atom stereocenters. The van der Waals surface area contributed by atoms with Crippen LogP contribution in [0.15, 0.2) is 71.6 Å². The number of hydrogen-bond acceptors (Lipinski definition) is 3. The zero-order valence-electron chi connectivity index (χ0n) is 13.6. The van der Waals surface area contributed by atoms with Crippen molar-refractivity contribution in [1.82, 2.24) is 4.72 Å². The van der Waals surface area contributed by atoms with E-state index in [1.165, 1.54) is 19.2 Å². The van der Waals surface area contributed by atoms with Crippen LogP contribution in [-0.4, -0.2) is 22.1 Å². The largest absolute Gasteiger partial charge is 0.375 e. The second kappa shape index (κ2) is 7.31. The van der Waals surface area contributed by atoms with Crippen LogP contribution in [0.4, 0.5) is 4.39 Å². The van der Waals surface area contributed by atoms with E-state index in [1.807, 2.05) is 18.2 Å². The molecular formula is C19H18FNO3S. The first-order valence-corrected chi connectivity index (χ1v) is 9.25. The van der Waals surface area contributed by atoms with E-state index in [1.54, 1.807) is 36.4 Å². The monoisotopic (exact) mass is 359 g/mol. The Morgan fingerprint density at radius 3 is 2.52 bits per heavy atom. The maximum Gasteiger partial charge on any atom is 0.241 e. The van der Waals surface area contributed by atoms with Gasteiger partial charge in [0.2, 0.25) is 10.0 Å². The molecule has 0 aliphatic rings. The van der Waals surface area contributed by atoms with Crippen LogP contribution >= 0.6 is 0 Å². The Kier molecular flexibility index (Phi) is 5.13. The van der Waals surface area contributed by atoms with E-state index in [9.17, 15) is 12.8 Å². The molecule has 0 spiro atoms. The second-order valence-electron chi connectivity index (χ2n) is 5.61. The average Bonchev–Trinajstić information content (AvgIpc) is 2.62. The molecule has 0 radical (unpaired) electrons. The summed E-state index contributed by atoms with van der Waals surface area (Å²) in [6.07, 6.45) is -0.583. The van der Waals surface area contributed by atoms with Crippen LogP contribution in [0.3, 0.4) is 0 Å². The normalized spacial score (nSPS) is 13.0. The van der Waals surface area contributed by atoms with E-state index in [0.717, 1.165) is 5.39 Å². The van der Waals surface area contributed by atoms with Crippen molar-refractivity contribution in [3.05, 3.63) is 78.1 Å². The first kappa shape index (κ1) is 17.5. The smallest absolute Gasteiger partial charge is 0.241 e. The van der Waals surface area contributed by atoms with Crippen molar-refractivity contribution in [2.45, 2.75) is 11.0 Å². The SMILES string of the molecule is COC(CNS(=O)(=O)c1cccc2ccccc12)c1cccc(F)c1. The van der Waals surface area contributed by atoms with Gasteiger partial charge in [0, 0.05) is 19.0 Å². The van der Waals surface area contributed by atoms with Crippen LogP contribution in [0.1, 0.15) is 11.7 Å². The molecule has 0 aliphatic carbocycles. The fraction of sp³-hybridized carbons (Fsp3) is 0.158. The van der Waals surface area contributed by atoms with Crippen molar-refractivity contribution in [2.75, 3.05) is 13.7 Å². The molecular weight excluding hydrogens is 341 g/mol. The van der Waals surface area contributed by atoms with Crippen molar-refractivity contribution in [2.24, 2.45) is 0 Å². The van der Waals surface area contributed by atoms with E-state index in [4.69, 9.17) is 4.74 Å². The molecule has 0 aliphatic heterocycles. The van der Waals surface area contributed by atoms with Gasteiger partial charge in [-0.3, -0.25) is 0 Å². The minimum absolute atomic E-state index is 0.00546. The van der Waals surface area contributed by atoms with Crippen LogP contribution in [0, 0.1) is 5.82 Å². The molecule has 1 N–H and O–H groups in total. The van der Waals surface area contributed by atoms with E-state index in [2.05, 4.69) is 4.72 Å². The van der Waals surface area contributed by atoms with Crippen molar-refractivity contribution in [3.8, 4) is 0 Å². The lowest BCUT2D eigenvalue weighted by Gasteiger charge is -2.17. The van der Waals surface area contributed by atoms with E-state index in [0.29, 0.717) is 10.9 Å². The van der Waals surface area contributed by atoms with E-state index in [-0.39, 0.29) is 11.4 Å². The zero-order valence-corrected chi connectivity index (χ0v) is 14.5. The molecule has 3 aromatic rings. The summed E-state index contributed by atoms with van der Waals surface area (Å²) < 4.78 is 46.7. The van der Waals surface area contributed by atoms with Gasteiger partial charge in [0.1, 0.15) is 5.82 Å². The summed E-state index contributed by atoms with van der Waals surface area (Å²) in [4.78, 5) is 0.208. The van der Waals surface area contributed by atoms with Crippen LogP contribution < -0.4 is 4.72 Å². The molecule has 3 aromatic carbocycles. The Morgan fingerprint density at radius 2 is 1.76 bits per heavy atom. The number of nitrogens with one attached hydrogen (secondary N) is 1. The van der Waals surface area contributed by atoms with Gasteiger partial charge in [0.15, 0.2) is 0 Å². The van der Waals surface area contributed by atoms with Crippen LogP contribution in [0.2, 0.25) is 0 Å². The molecule has 25 heavy (non-hydrogen) atoms. The molecule has 0 fully saturated rings. The molecule has 0 saturated heterocycles. The lowest BCUT2D eigenvalue weighted by Crippen LogP contribution is -2.29. The third-order valence-corrected chi connectivity index (χ3v) is 5.48. The Bertz CT molecular complexity index is 983. The maximum absolute atomic E-state index is 13.4. The molecule has 0 bridgehead atoms. The predicted molar refractivity (Wildman–Crippen MR) is 95.3 cm³/mol. The third-order valence-electron chi connectivity index (χ3n) is 4.00. The van der Waals surface area contributed by atoms with Gasteiger partial charge in [0.25, 0.3) is 0 Å². The van der Waals surface area contributed by atoms with E-state index < -0.39 is 21.9 Å². The topological polar surface area (TPSA) is 55.4 Å². The third kappa shape index (κ3) is 3.87. The van der Waals surface area contributed by atoms with Gasteiger partial charge in [-0.05, 0) is 29.1 Å². The Hall–Kier alpha value is -2.28. The number of rotatable bonds is 6. The Balaban J connectivity index is 1.86. The molecule has 3 rings (SSSR count). The van der Waals surface area contributed by atoms with E-state index >= 15 is 0 Å². The molecule has 1 unspecified atom stereocenters. The van der Waals surface area contributed by atoms with Gasteiger partial charge < -0.3 is 4.74 Å². The minimum atomic E-state index is -3.73. The predicted octanol–water partition coefficient (Wildman–Crippen LogP) is 3.64. The molecule has 130 valence electrons. The van der Waals surface area contributed by atoms with Gasteiger partial charge in [0.05, 0.1) is 11.0 Å². The number of sulfonamides is 1. The molecule has 0 aromatic heterocycles. The van der Waals surface area contributed by atoms with Crippen molar-refractivity contribution in [3.63, 3.8) is 0 Å². The molecule has 0 saturated carbocycles. The van der Waals surface area contributed by atoms with Crippen LogP contribution in [-0.2, 0) is 14.8 Å². The molecule has 0 heterocycles. The highest BCUT2D eigenvalue weighted by Crippen LogP contribution is 2.23.